The molecular formula is C16H23NO. The smallest absolute Gasteiger partial charge is 0.223 e. The highest BCUT2D eigenvalue weighted by molar-refractivity contribution is 5.77. The minimum Gasteiger partial charge on any atom is -0.339 e. The number of aryl methyl sites for hydroxylation is 1. The Balaban J connectivity index is 1.85. The summed E-state index contributed by atoms with van der Waals surface area (Å²) in [6.07, 6.45) is 3.90. The Morgan fingerprint density at radius 3 is 2.50 bits per heavy atom. The second-order valence-corrected chi connectivity index (χ2v) is 5.66. The summed E-state index contributed by atoms with van der Waals surface area (Å²) in [7, 11) is 0. The molecular weight excluding hydrogens is 222 g/mol. The number of hydrogen-bond donors (Lipinski definition) is 0. The molecule has 1 fully saturated rings. The maximum absolute atomic E-state index is 12.3. The molecule has 98 valence electrons. The van der Waals surface area contributed by atoms with Crippen LogP contribution in [0.25, 0.3) is 0 Å². The van der Waals surface area contributed by atoms with Crippen molar-refractivity contribution in [1.82, 2.24) is 4.90 Å². The van der Waals surface area contributed by atoms with Gasteiger partial charge in [-0.3, -0.25) is 4.79 Å². The van der Waals surface area contributed by atoms with Gasteiger partial charge in [-0.1, -0.05) is 44.2 Å². The summed E-state index contributed by atoms with van der Waals surface area (Å²) in [4.78, 5) is 14.4. The second kappa shape index (κ2) is 6.03. The highest BCUT2D eigenvalue weighted by atomic mass is 16.2. The third-order valence-corrected chi connectivity index (χ3v) is 3.34. The number of benzene rings is 1. The van der Waals surface area contributed by atoms with Crippen molar-refractivity contribution in [1.29, 1.82) is 0 Å². The highest BCUT2D eigenvalue weighted by Gasteiger charge is 2.32. The molecule has 1 amide bonds. The van der Waals surface area contributed by atoms with Gasteiger partial charge in [-0.15, -0.1) is 0 Å². The molecule has 1 aromatic carbocycles. The zero-order valence-electron chi connectivity index (χ0n) is 11.4. The van der Waals surface area contributed by atoms with E-state index in [0.29, 0.717) is 24.3 Å². The molecule has 1 saturated carbocycles. The molecule has 2 heteroatoms. The molecule has 0 atom stereocenters. The first-order valence-corrected chi connectivity index (χ1v) is 7.00. The molecule has 0 saturated heterocycles. The Kier molecular flexibility index (Phi) is 4.40. The molecule has 0 aromatic heterocycles. The lowest BCUT2D eigenvalue weighted by Crippen LogP contribution is -2.36. The van der Waals surface area contributed by atoms with Crippen LogP contribution < -0.4 is 0 Å². The van der Waals surface area contributed by atoms with Crippen molar-refractivity contribution in [3.8, 4) is 0 Å². The lowest BCUT2D eigenvalue weighted by molar-refractivity contribution is -0.132. The van der Waals surface area contributed by atoms with E-state index in [1.54, 1.807) is 0 Å². The molecule has 18 heavy (non-hydrogen) atoms. The van der Waals surface area contributed by atoms with Gasteiger partial charge in [0.2, 0.25) is 5.91 Å². The zero-order chi connectivity index (χ0) is 13.0. The predicted octanol–water partition coefficient (Wildman–Crippen LogP) is 3.27. The van der Waals surface area contributed by atoms with E-state index in [-0.39, 0.29) is 0 Å². The molecule has 0 spiro atoms. The highest BCUT2D eigenvalue weighted by Crippen LogP contribution is 2.28. The average molecular weight is 245 g/mol. The molecule has 2 rings (SSSR count). The number of hydrogen-bond acceptors (Lipinski definition) is 1. The molecule has 0 N–H and O–H groups in total. The first-order chi connectivity index (χ1) is 8.66. The van der Waals surface area contributed by atoms with E-state index in [9.17, 15) is 4.79 Å². The number of nitrogens with zero attached hydrogens (tertiary/aromatic N) is 1. The van der Waals surface area contributed by atoms with Gasteiger partial charge in [-0.2, -0.15) is 0 Å². The van der Waals surface area contributed by atoms with Crippen molar-refractivity contribution in [2.75, 3.05) is 6.54 Å². The van der Waals surface area contributed by atoms with Crippen molar-refractivity contribution >= 4 is 5.91 Å². The summed E-state index contributed by atoms with van der Waals surface area (Å²) >= 11 is 0. The SMILES string of the molecule is CC(C)CN(C(=O)CCc1ccccc1)C1CC1. The topological polar surface area (TPSA) is 20.3 Å². The molecule has 0 unspecified atom stereocenters. The maximum atomic E-state index is 12.3. The summed E-state index contributed by atoms with van der Waals surface area (Å²) in [5.74, 6) is 0.890. The Morgan fingerprint density at radius 2 is 1.94 bits per heavy atom. The Bertz CT molecular complexity index is 381. The minimum absolute atomic E-state index is 0.329. The molecule has 1 aliphatic carbocycles. The molecule has 1 aromatic rings. The van der Waals surface area contributed by atoms with Gasteiger partial charge in [0.05, 0.1) is 0 Å². The van der Waals surface area contributed by atoms with Crippen LogP contribution in [-0.4, -0.2) is 23.4 Å². The van der Waals surface area contributed by atoms with Crippen LogP contribution in [0.15, 0.2) is 30.3 Å². The number of carbonyl (C=O) groups excluding carboxylic acids is 1. The van der Waals surface area contributed by atoms with Crippen LogP contribution >= 0.6 is 0 Å². The maximum Gasteiger partial charge on any atom is 0.223 e. The fourth-order valence-electron chi connectivity index (χ4n) is 2.27. The predicted molar refractivity (Wildman–Crippen MR) is 74.3 cm³/mol. The number of rotatable bonds is 6. The third-order valence-electron chi connectivity index (χ3n) is 3.34. The first-order valence-electron chi connectivity index (χ1n) is 7.00. The molecule has 0 aliphatic heterocycles. The zero-order valence-corrected chi connectivity index (χ0v) is 11.4. The average Bonchev–Trinajstić information content (AvgIpc) is 3.18. The van der Waals surface area contributed by atoms with Gasteiger partial charge in [0, 0.05) is 19.0 Å². The Labute approximate surface area is 110 Å². The second-order valence-electron chi connectivity index (χ2n) is 5.66. The summed E-state index contributed by atoms with van der Waals surface area (Å²) in [6.45, 7) is 5.28. The summed E-state index contributed by atoms with van der Waals surface area (Å²) < 4.78 is 0. The van der Waals surface area contributed by atoms with Gasteiger partial charge in [0.1, 0.15) is 0 Å². The largest absolute Gasteiger partial charge is 0.339 e. The van der Waals surface area contributed by atoms with Crippen molar-refractivity contribution in [2.24, 2.45) is 5.92 Å². The van der Waals surface area contributed by atoms with Crippen LogP contribution in [0.3, 0.4) is 0 Å². The van der Waals surface area contributed by atoms with Crippen molar-refractivity contribution < 1.29 is 4.79 Å². The standard InChI is InChI=1S/C16H23NO/c1-13(2)12-17(15-9-10-15)16(18)11-8-14-6-4-3-5-7-14/h3-7,13,15H,8-12H2,1-2H3. The summed E-state index contributed by atoms with van der Waals surface area (Å²) in [5.41, 5.74) is 1.26. The van der Waals surface area contributed by atoms with Crippen LogP contribution in [0.1, 0.15) is 38.7 Å². The lowest BCUT2D eigenvalue weighted by Gasteiger charge is -2.24. The van der Waals surface area contributed by atoms with Crippen LogP contribution in [0.4, 0.5) is 0 Å². The van der Waals surface area contributed by atoms with Crippen molar-refractivity contribution in [3.63, 3.8) is 0 Å². The van der Waals surface area contributed by atoms with Gasteiger partial charge >= 0.3 is 0 Å². The lowest BCUT2D eigenvalue weighted by atomic mass is 10.1. The minimum atomic E-state index is 0.329. The van der Waals surface area contributed by atoms with E-state index in [4.69, 9.17) is 0 Å². The van der Waals surface area contributed by atoms with E-state index in [1.165, 1.54) is 18.4 Å². The molecule has 0 heterocycles. The summed E-state index contributed by atoms with van der Waals surface area (Å²) in [6, 6.07) is 10.8. The molecule has 2 nitrogen and oxygen atoms in total. The Hall–Kier alpha value is -1.31. The quantitative estimate of drug-likeness (QED) is 0.753. The van der Waals surface area contributed by atoms with Gasteiger partial charge in [0.15, 0.2) is 0 Å². The number of amides is 1. The fourth-order valence-corrected chi connectivity index (χ4v) is 2.27. The van der Waals surface area contributed by atoms with E-state index < -0.39 is 0 Å². The van der Waals surface area contributed by atoms with E-state index in [0.717, 1.165) is 13.0 Å². The van der Waals surface area contributed by atoms with Gasteiger partial charge in [0.25, 0.3) is 0 Å². The van der Waals surface area contributed by atoms with Gasteiger partial charge < -0.3 is 4.90 Å². The molecule has 0 bridgehead atoms. The first kappa shape index (κ1) is 13.1. The van der Waals surface area contributed by atoms with E-state index in [1.807, 2.05) is 18.2 Å². The molecule has 1 aliphatic rings. The van der Waals surface area contributed by atoms with Crippen molar-refractivity contribution in [3.05, 3.63) is 35.9 Å². The summed E-state index contributed by atoms with van der Waals surface area (Å²) in [5, 5.41) is 0. The Morgan fingerprint density at radius 1 is 1.28 bits per heavy atom. The molecule has 0 radical (unpaired) electrons. The number of carbonyl (C=O) groups is 1. The normalized spacial score (nSPS) is 14.8. The third kappa shape index (κ3) is 3.86. The van der Waals surface area contributed by atoms with Crippen LogP contribution in [0.5, 0.6) is 0 Å². The van der Waals surface area contributed by atoms with Gasteiger partial charge in [-0.25, -0.2) is 0 Å². The van der Waals surface area contributed by atoms with Crippen molar-refractivity contribution in [2.45, 2.75) is 45.6 Å². The van der Waals surface area contributed by atoms with Crippen LogP contribution in [0.2, 0.25) is 0 Å². The van der Waals surface area contributed by atoms with Gasteiger partial charge in [-0.05, 0) is 30.7 Å². The van der Waals surface area contributed by atoms with Crippen LogP contribution in [-0.2, 0) is 11.2 Å². The monoisotopic (exact) mass is 245 g/mol. The van der Waals surface area contributed by atoms with E-state index in [2.05, 4.69) is 30.9 Å². The van der Waals surface area contributed by atoms with E-state index >= 15 is 0 Å². The van der Waals surface area contributed by atoms with Crippen LogP contribution in [0, 0.1) is 5.92 Å². The fraction of sp³-hybridized carbons (Fsp3) is 0.562.